The van der Waals surface area contributed by atoms with Crippen LogP contribution in [0.1, 0.15) is 69.3 Å². The van der Waals surface area contributed by atoms with Gasteiger partial charge in [-0.15, -0.1) is 0 Å². The highest BCUT2D eigenvalue weighted by Crippen LogP contribution is 2.55. The van der Waals surface area contributed by atoms with Gasteiger partial charge in [-0.25, -0.2) is 9.83 Å². The van der Waals surface area contributed by atoms with Crippen molar-refractivity contribution >= 4 is 35.0 Å². The van der Waals surface area contributed by atoms with Crippen LogP contribution >= 0.6 is 11.6 Å². The molecule has 1 aromatic carbocycles. The van der Waals surface area contributed by atoms with Gasteiger partial charge in [0.1, 0.15) is 23.6 Å². The Hall–Kier alpha value is -4.14. The van der Waals surface area contributed by atoms with Gasteiger partial charge in [-0.05, 0) is 30.2 Å². The van der Waals surface area contributed by atoms with Gasteiger partial charge in [0.15, 0.2) is 5.76 Å². The van der Waals surface area contributed by atoms with Gasteiger partial charge in [0, 0.05) is 68.3 Å². The molecule has 3 heterocycles. The van der Waals surface area contributed by atoms with Crippen molar-refractivity contribution < 1.29 is 24.0 Å². The summed E-state index contributed by atoms with van der Waals surface area (Å²) in [4.78, 5) is 37.5. The minimum absolute atomic E-state index is 0.0863. The number of carbonyl (C=O) groups excluding carboxylic acids is 1. The maximum absolute atomic E-state index is 13.3. The van der Waals surface area contributed by atoms with E-state index in [4.69, 9.17) is 27.4 Å². The monoisotopic (exact) mass is 662 g/mol. The van der Waals surface area contributed by atoms with Crippen molar-refractivity contribution in [2.24, 2.45) is 16.7 Å². The minimum atomic E-state index is -0.903. The van der Waals surface area contributed by atoms with Crippen molar-refractivity contribution in [3.8, 4) is 5.75 Å². The Bertz CT molecular complexity index is 1620. The molecule has 2 N–H and O–H groups in total. The Morgan fingerprint density at radius 1 is 1.13 bits per heavy atom. The molecule has 47 heavy (non-hydrogen) atoms. The average Bonchev–Trinajstić information content (AvgIpc) is 3.49. The van der Waals surface area contributed by atoms with Crippen molar-refractivity contribution in [3.63, 3.8) is 0 Å². The molecule has 1 aliphatic carbocycles. The first-order valence-corrected chi connectivity index (χ1v) is 16.4. The van der Waals surface area contributed by atoms with Gasteiger partial charge in [-0.1, -0.05) is 64.4 Å². The molecular weight excluding hydrogens is 620 g/mol. The van der Waals surface area contributed by atoms with Crippen LogP contribution < -0.4 is 15.0 Å². The molecule has 5 rings (SSSR count). The molecule has 1 saturated carbocycles. The summed E-state index contributed by atoms with van der Waals surface area (Å²) >= 11 is 6.23. The van der Waals surface area contributed by atoms with Crippen molar-refractivity contribution in [1.82, 2.24) is 20.4 Å². The van der Waals surface area contributed by atoms with E-state index in [1.807, 2.05) is 26.0 Å². The first-order chi connectivity index (χ1) is 22.2. The van der Waals surface area contributed by atoms with E-state index in [2.05, 4.69) is 57.8 Å². The van der Waals surface area contributed by atoms with E-state index in [1.165, 1.54) is 0 Å². The molecule has 1 unspecified atom stereocenters. The fraction of sp³-hybridized carbons (Fsp3) is 0.514. The number of rotatable bonds is 11. The van der Waals surface area contributed by atoms with E-state index in [1.54, 1.807) is 30.5 Å². The van der Waals surface area contributed by atoms with Crippen LogP contribution in [0, 0.1) is 23.3 Å². The number of nitrogens with one attached hydrogen (secondary N) is 1. The Kier molecular flexibility index (Phi) is 9.85. The summed E-state index contributed by atoms with van der Waals surface area (Å²) in [6.07, 6.45) is 2.13. The van der Waals surface area contributed by atoms with E-state index < -0.39 is 11.9 Å². The highest BCUT2D eigenvalue weighted by atomic mass is 35.5. The third-order valence-electron chi connectivity index (χ3n) is 9.62. The number of piperazine rings is 1. The van der Waals surface area contributed by atoms with Crippen LogP contribution in [0.15, 0.2) is 47.1 Å². The number of nitrogens with zero attached hydrogens (tertiary/aromatic N) is 5. The summed E-state index contributed by atoms with van der Waals surface area (Å²) < 4.78 is 11.7. The number of halogens is 1. The largest absolute Gasteiger partial charge is 0.489 e. The molecule has 11 nitrogen and oxygen atoms in total. The molecule has 0 spiro atoms. The Morgan fingerprint density at radius 2 is 1.83 bits per heavy atom. The lowest BCUT2D eigenvalue weighted by Crippen LogP contribution is -2.74. The number of carboxylic acids is 1. The van der Waals surface area contributed by atoms with Crippen molar-refractivity contribution in [1.29, 1.82) is 0 Å². The zero-order valence-electron chi connectivity index (χ0n) is 27.8. The molecule has 0 bridgehead atoms. The van der Waals surface area contributed by atoms with Gasteiger partial charge < -0.3 is 24.6 Å². The predicted molar refractivity (Wildman–Crippen MR) is 179 cm³/mol. The molecule has 1 aliphatic heterocycles. The summed E-state index contributed by atoms with van der Waals surface area (Å²) in [7, 11) is 0. The van der Waals surface area contributed by atoms with E-state index in [0.717, 1.165) is 44.2 Å². The zero-order chi connectivity index (χ0) is 34.1. The molecule has 250 valence electrons. The quantitative estimate of drug-likeness (QED) is 0.235. The second-order valence-corrected chi connectivity index (χ2v) is 14.4. The molecule has 3 aromatic rings. The van der Waals surface area contributed by atoms with Crippen LogP contribution in [0.2, 0.25) is 5.02 Å². The number of carboxylic acid groups (broad SMARTS) is 1. The van der Waals surface area contributed by atoms with Crippen LogP contribution in [0.3, 0.4) is 0 Å². The second-order valence-electron chi connectivity index (χ2n) is 14.0. The molecule has 2 aliphatic rings. The minimum Gasteiger partial charge on any atom is -0.489 e. The Balaban J connectivity index is 1.11. The normalized spacial score (nSPS) is 21.0. The summed E-state index contributed by atoms with van der Waals surface area (Å²) in [5, 5.41) is 17.2. The SMILES string of the molecule is [C-]#[N+]c1ccc(OC2C(C)(C)C(NC(=O)c3ccc(N4CCN(CCc5cc(C(C(=O)O)C(C)C)on5)CC4)nc3)C2(C)C)cc1Cl. The summed E-state index contributed by atoms with van der Waals surface area (Å²) in [6.45, 7) is 23.3. The molecule has 0 radical (unpaired) electrons. The number of pyridine rings is 1. The molecule has 1 saturated heterocycles. The van der Waals surface area contributed by atoms with E-state index in [-0.39, 0.29) is 34.8 Å². The van der Waals surface area contributed by atoms with Crippen LogP contribution in [0.4, 0.5) is 11.5 Å². The zero-order valence-corrected chi connectivity index (χ0v) is 28.5. The summed E-state index contributed by atoms with van der Waals surface area (Å²) in [5.74, 6) is -0.0356. The van der Waals surface area contributed by atoms with Crippen LogP contribution in [-0.4, -0.2) is 76.9 Å². The number of ether oxygens (including phenoxy) is 1. The number of benzene rings is 1. The highest BCUT2D eigenvalue weighted by molar-refractivity contribution is 6.33. The first kappa shape index (κ1) is 34.2. The lowest BCUT2D eigenvalue weighted by molar-refractivity contribution is -0.164. The molecular formula is C35H43ClN6O5. The predicted octanol–water partition coefficient (Wildman–Crippen LogP) is 6.07. The third-order valence-corrected chi connectivity index (χ3v) is 9.92. The molecule has 12 heteroatoms. The van der Waals surface area contributed by atoms with Gasteiger partial charge >= 0.3 is 5.97 Å². The smallest absolute Gasteiger partial charge is 0.314 e. The fourth-order valence-electron chi connectivity index (χ4n) is 7.31. The number of aromatic nitrogens is 2. The molecule has 2 aromatic heterocycles. The second kappa shape index (κ2) is 13.5. The topological polar surface area (TPSA) is 125 Å². The van der Waals surface area contributed by atoms with Crippen molar-refractivity contribution in [2.75, 3.05) is 37.6 Å². The summed E-state index contributed by atoms with van der Waals surface area (Å²) in [6, 6.07) is 10.4. The maximum Gasteiger partial charge on any atom is 0.314 e. The number of aliphatic carboxylic acids is 1. The number of anilines is 1. The number of hydrogen-bond acceptors (Lipinski definition) is 8. The van der Waals surface area contributed by atoms with E-state index in [9.17, 15) is 14.7 Å². The Morgan fingerprint density at radius 3 is 2.40 bits per heavy atom. The van der Waals surface area contributed by atoms with Gasteiger partial charge in [0.2, 0.25) is 5.69 Å². The first-order valence-electron chi connectivity index (χ1n) is 16.0. The average molecular weight is 663 g/mol. The van der Waals surface area contributed by atoms with Crippen LogP contribution in [-0.2, 0) is 11.2 Å². The Labute approximate surface area is 281 Å². The van der Waals surface area contributed by atoms with Gasteiger partial charge in [-0.3, -0.25) is 14.5 Å². The lowest BCUT2D eigenvalue weighted by atomic mass is 9.49. The number of carbonyl (C=O) groups is 2. The number of amides is 1. The van der Waals surface area contributed by atoms with Gasteiger partial charge in [0.25, 0.3) is 5.91 Å². The number of hydrogen-bond donors (Lipinski definition) is 2. The van der Waals surface area contributed by atoms with E-state index >= 15 is 0 Å². The van der Waals surface area contributed by atoms with Gasteiger partial charge in [-0.2, -0.15) is 0 Å². The van der Waals surface area contributed by atoms with E-state index in [0.29, 0.717) is 34.2 Å². The van der Waals surface area contributed by atoms with Crippen molar-refractivity contribution in [3.05, 3.63) is 76.1 Å². The molecule has 1 amide bonds. The third kappa shape index (κ3) is 7.09. The lowest BCUT2D eigenvalue weighted by Gasteiger charge is -2.63. The highest BCUT2D eigenvalue weighted by Gasteiger charge is 2.64. The maximum atomic E-state index is 13.3. The van der Waals surface area contributed by atoms with Gasteiger partial charge in [0.05, 0.1) is 22.9 Å². The van der Waals surface area contributed by atoms with Crippen molar-refractivity contribution in [2.45, 2.75) is 66.0 Å². The summed E-state index contributed by atoms with van der Waals surface area (Å²) in [5.41, 5.74) is 0.926. The molecule has 1 atom stereocenters. The van der Waals surface area contributed by atoms with Crippen LogP contribution in [0.5, 0.6) is 5.75 Å². The van der Waals surface area contributed by atoms with Crippen LogP contribution in [0.25, 0.3) is 4.85 Å². The fourth-order valence-corrected chi connectivity index (χ4v) is 7.52. The standard InChI is InChI=1S/C35H43ClN6O5/c1-21(2)29(31(44)45)27-18-23(40-47-27)12-13-41-14-16-42(17-15-41)28-11-8-22(20-38-28)30(43)39-32-34(3,4)33(35(32,5)6)46-24-9-10-26(37-7)25(36)19-24/h8-11,18-21,29,32-33H,12-17H2,1-6H3,(H,39,43)(H,44,45). The molecule has 2 fully saturated rings.